The normalized spacial score (nSPS) is 10.8. The van der Waals surface area contributed by atoms with Gasteiger partial charge in [0, 0.05) is 40.6 Å². The molecule has 3 N–H and O–H groups in total. The van der Waals surface area contributed by atoms with Crippen LogP contribution in [0.25, 0.3) is 10.8 Å². The van der Waals surface area contributed by atoms with E-state index < -0.39 is 0 Å². The molecule has 0 bridgehead atoms. The first-order chi connectivity index (χ1) is 9.22. The Morgan fingerprint density at radius 3 is 2.79 bits per heavy atom. The van der Waals surface area contributed by atoms with Crippen LogP contribution in [-0.4, -0.2) is 11.5 Å². The third-order valence-electron chi connectivity index (χ3n) is 3.42. The van der Waals surface area contributed by atoms with Crippen molar-refractivity contribution >= 4 is 22.1 Å². The van der Waals surface area contributed by atoms with Crippen molar-refractivity contribution in [3.63, 3.8) is 0 Å². The van der Waals surface area contributed by atoms with Crippen LogP contribution in [0.15, 0.2) is 24.4 Å². The molecule has 0 saturated carbocycles. The van der Waals surface area contributed by atoms with Crippen LogP contribution < -0.4 is 11.1 Å². The number of hydrogen-bond donors (Lipinski definition) is 2. The van der Waals surface area contributed by atoms with Gasteiger partial charge in [0.15, 0.2) is 0 Å². The summed E-state index contributed by atoms with van der Waals surface area (Å²) in [5.74, 6) is 0. The number of nitrogens with two attached hydrogens (primary N) is 1. The van der Waals surface area contributed by atoms with Crippen molar-refractivity contribution in [3.05, 3.63) is 30.1 Å². The molecule has 0 amide bonds. The fourth-order valence-electron chi connectivity index (χ4n) is 2.29. The molecule has 0 atom stereocenters. The van der Waals surface area contributed by atoms with Crippen molar-refractivity contribution < 1.29 is 0 Å². The molecule has 3 heteroatoms. The summed E-state index contributed by atoms with van der Waals surface area (Å²) in [5, 5.41) is 5.72. The first kappa shape index (κ1) is 13.7. The summed E-state index contributed by atoms with van der Waals surface area (Å²) >= 11 is 0. The molecule has 1 aromatic carbocycles. The monoisotopic (exact) mass is 257 g/mol. The summed E-state index contributed by atoms with van der Waals surface area (Å²) in [6.45, 7) is 5.25. The number of aryl methyl sites for hydroxylation is 1. The maximum absolute atomic E-state index is 6.00. The molecule has 0 spiro atoms. The number of anilines is 2. The van der Waals surface area contributed by atoms with Crippen LogP contribution in [0.2, 0.25) is 0 Å². The van der Waals surface area contributed by atoms with Crippen LogP contribution in [0, 0.1) is 6.92 Å². The molecule has 0 radical (unpaired) electrons. The van der Waals surface area contributed by atoms with Gasteiger partial charge in [0.25, 0.3) is 0 Å². The van der Waals surface area contributed by atoms with Crippen molar-refractivity contribution in [3.8, 4) is 0 Å². The largest absolute Gasteiger partial charge is 0.398 e. The summed E-state index contributed by atoms with van der Waals surface area (Å²) < 4.78 is 0. The zero-order valence-corrected chi connectivity index (χ0v) is 11.9. The van der Waals surface area contributed by atoms with Gasteiger partial charge in [0.05, 0.1) is 0 Å². The highest BCUT2D eigenvalue weighted by molar-refractivity contribution is 6.00. The second-order valence-corrected chi connectivity index (χ2v) is 5.06. The Bertz CT molecular complexity index is 549. The van der Waals surface area contributed by atoms with Crippen molar-refractivity contribution in [2.45, 2.75) is 39.5 Å². The van der Waals surface area contributed by atoms with E-state index in [1.54, 1.807) is 0 Å². The van der Waals surface area contributed by atoms with Crippen molar-refractivity contribution in [2.24, 2.45) is 0 Å². The van der Waals surface area contributed by atoms with E-state index in [4.69, 9.17) is 5.73 Å². The van der Waals surface area contributed by atoms with Gasteiger partial charge in [-0.25, -0.2) is 0 Å². The summed E-state index contributed by atoms with van der Waals surface area (Å²) in [4.78, 5) is 4.32. The molecule has 19 heavy (non-hydrogen) atoms. The smallest absolute Gasteiger partial charge is 0.0422 e. The fourth-order valence-corrected chi connectivity index (χ4v) is 2.29. The zero-order valence-electron chi connectivity index (χ0n) is 11.9. The summed E-state index contributed by atoms with van der Waals surface area (Å²) in [5.41, 5.74) is 8.97. The van der Waals surface area contributed by atoms with Crippen LogP contribution in [0.5, 0.6) is 0 Å². The number of hydrogen-bond acceptors (Lipinski definition) is 3. The van der Waals surface area contributed by atoms with Gasteiger partial charge in [-0.1, -0.05) is 26.2 Å². The summed E-state index contributed by atoms with van der Waals surface area (Å²) in [6, 6.07) is 6.12. The third-order valence-corrected chi connectivity index (χ3v) is 3.42. The first-order valence-corrected chi connectivity index (χ1v) is 7.11. The number of fused-ring (bicyclic) bond motifs is 1. The minimum absolute atomic E-state index is 0.791. The van der Waals surface area contributed by atoms with E-state index in [1.807, 2.05) is 19.2 Å². The van der Waals surface area contributed by atoms with E-state index in [0.717, 1.165) is 29.0 Å². The van der Waals surface area contributed by atoms with Gasteiger partial charge in [-0.05, 0) is 31.5 Å². The molecule has 1 heterocycles. The number of nitrogens with one attached hydrogen (secondary N) is 1. The van der Waals surface area contributed by atoms with E-state index >= 15 is 0 Å². The van der Waals surface area contributed by atoms with Crippen LogP contribution in [-0.2, 0) is 0 Å². The minimum Gasteiger partial charge on any atom is -0.398 e. The molecule has 0 unspecified atom stereocenters. The van der Waals surface area contributed by atoms with Gasteiger partial charge in [-0.15, -0.1) is 0 Å². The molecule has 0 fully saturated rings. The zero-order chi connectivity index (χ0) is 13.7. The Balaban J connectivity index is 2.14. The molecule has 0 aliphatic carbocycles. The number of unbranched alkanes of at least 4 members (excludes halogenated alkanes) is 3. The maximum Gasteiger partial charge on any atom is 0.0422 e. The number of aromatic nitrogens is 1. The molecule has 3 nitrogen and oxygen atoms in total. The highest BCUT2D eigenvalue weighted by atomic mass is 14.9. The Morgan fingerprint density at radius 2 is 2.00 bits per heavy atom. The van der Waals surface area contributed by atoms with E-state index in [0.29, 0.717) is 0 Å². The van der Waals surface area contributed by atoms with Gasteiger partial charge in [-0.2, -0.15) is 0 Å². The molecule has 0 saturated heterocycles. The second kappa shape index (κ2) is 6.41. The standard InChI is InChI=1S/C16H23N3/c1-3-4-5-6-9-18-16-8-7-15(17)14-11-19-12(2)10-13(14)16/h7-8,10-11,18H,3-6,9,17H2,1-2H3. The number of benzene rings is 1. The molecule has 0 aliphatic rings. The SMILES string of the molecule is CCCCCCNc1ccc(N)c2cnc(C)cc12. The predicted molar refractivity (Wildman–Crippen MR) is 83.5 cm³/mol. The van der Waals surface area contributed by atoms with Gasteiger partial charge in [-0.3, -0.25) is 4.98 Å². The molecular weight excluding hydrogens is 234 g/mol. The molecule has 102 valence electrons. The topological polar surface area (TPSA) is 50.9 Å². The lowest BCUT2D eigenvalue weighted by Crippen LogP contribution is -2.03. The number of nitrogens with zero attached hydrogens (tertiary/aromatic N) is 1. The van der Waals surface area contributed by atoms with E-state index in [9.17, 15) is 0 Å². The lowest BCUT2D eigenvalue weighted by molar-refractivity contribution is 0.685. The minimum atomic E-state index is 0.791. The van der Waals surface area contributed by atoms with Crippen LogP contribution >= 0.6 is 0 Å². The Morgan fingerprint density at radius 1 is 1.16 bits per heavy atom. The molecular formula is C16H23N3. The summed E-state index contributed by atoms with van der Waals surface area (Å²) in [6.07, 6.45) is 6.95. The van der Waals surface area contributed by atoms with Gasteiger partial charge >= 0.3 is 0 Å². The quantitative estimate of drug-likeness (QED) is 0.604. The van der Waals surface area contributed by atoms with Crippen LogP contribution in [0.1, 0.15) is 38.3 Å². The summed E-state index contributed by atoms with van der Waals surface area (Å²) in [7, 11) is 0. The third kappa shape index (κ3) is 3.37. The Kier molecular flexibility index (Phi) is 4.61. The molecule has 0 aliphatic heterocycles. The number of rotatable bonds is 6. The predicted octanol–water partition coefficient (Wildman–Crippen LogP) is 4.12. The van der Waals surface area contributed by atoms with Gasteiger partial charge < -0.3 is 11.1 Å². The van der Waals surface area contributed by atoms with E-state index in [1.165, 1.54) is 31.1 Å². The van der Waals surface area contributed by atoms with Crippen LogP contribution in [0.4, 0.5) is 11.4 Å². The first-order valence-electron chi connectivity index (χ1n) is 7.11. The molecule has 1 aromatic heterocycles. The molecule has 2 rings (SSSR count). The highest BCUT2D eigenvalue weighted by Crippen LogP contribution is 2.28. The molecule has 2 aromatic rings. The van der Waals surface area contributed by atoms with Gasteiger partial charge in [0.2, 0.25) is 0 Å². The number of pyridine rings is 1. The van der Waals surface area contributed by atoms with Crippen molar-refractivity contribution in [1.29, 1.82) is 0 Å². The van der Waals surface area contributed by atoms with Gasteiger partial charge in [0.1, 0.15) is 0 Å². The average molecular weight is 257 g/mol. The van der Waals surface area contributed by atoms with Crippen molar-refractivity contribution in [1.82, 2.24) is 4.98 Å². The second-order valence-electron chi connectivity index (χ2n) is 5.06. The Hall–Kier alpha value is -1.77. The maximum atomic E-state index is 6.00. The number of nitrogen functional groups attached to an aromatic ring is 1. The highest BCUT2D eigenvalue weighted by Gasteiger charge is 2.04. The lowest BCUT2D eigenvalue weighted by atomic mass is 10.1. The van der Waals surface area contributed by atoms with Crippen molar-refractivity contribution in [2.75, 3.05) is 17.6 Å². The average Bonchev–Trinajstić information content (AvgIpc) is 2.41. The van der Waals surface area contributed by atoms with E-state index in [-0.39, 0.29) is 0 Å². The fraction of sp³-hybridized carbons (Fsp3) is 0.438. The Labute approximate surface area is 115 Å². The van der Waals surface area contributed by atoms with Crippen LogP contribution in [0.3, 0.4) is 0 Å². The lowest BCUT2D eigenvalue weighted by Gasteiger charge is -2.11. The van der Waals surface area contributed by atoms with E-state index in [2.05, 4.69) is 29.4 Å².